The predicted molar refractivity (Wildman–Crippen MR) is 119 cm³/mol. The summed E-state index contributed by atoms with van der Waals surface area (Å²) in [5.41, 5.74) is 1.23. The lowest BCUT2D eigenvalue weighted by Gasteiger charge is -2.30. The summed E-state index contributed by atoms with van der Waals surface area (Å²) in [6.45, 7) is 1.59. The smallest absolute Gasteiger partial charge is 0.277 e. The number of para-hydroxylation sites is 1. The van der Waals surface area contributed by atoms with E-state index in [-0.39, 0.29) is 11.8 Å². The van der Waals surface area contributed by atoms with Crippen LogP contribution >= 0.6 is 12.2 Å². The Labute approximate surface area is 186 Å². The number of rotatable bonds is 7. The third kappa shape index (κ3) is 4.74. The molecule has 1 amide bonds. The van der Waals surface area contributed by atoms with Crippen molar-refractivity contribution >= 4 is 23.2 Å². The molecule has 1 N–H and O–H groups in total. The Kier molecular flexibility index (Phi) is 7.35. The summed E-state index contributed by atoms with van der Waals surface area (Å²) in [7, 11) is 6.16. The Morgan fingerprint density at radius 3 is 2.48 bits per heavy atom. The Bertz CT molecular complexity index is 955. The number of ether oxygens (including phenoxy) is 4. The molecule has 1 aromatic heterocycles. The van der Waals surface area contributed by atoms with Gasteiger partial charge < -0.3 is 24.3 Å². The molecule has 31 heavy (non-hydrogen) atoms. The maximum atomic E-state index is 13.2. The van der Waals surface area contributed by atoms with Crippen LogP contribution in [0.4, 0.5) is 0 Å². The summed E-state index contributed by atoms with van der Waals surface area (Å²) in [4.78, 5) is 17.4. The minimum atomic E-state index is -0.243. The van der Waals surface area contributed by atoms with Gasteiger partial charge in [-0.3, -0.25) is 9.80 Å². The second-order valence-corrected chi connectivity index (χ2v) is 7.01. The fourth-order valence-electron chi connectivity index (χ4n) is 3.38. The molecule has 1 saturated heterocycles. The number of benzene rings is 1. The zero-order valence-electron chi connectivity index (χ0n) is 18.0. The SMILES string of the molecule is COc1ccc(C(=O)N2CCCN2C(=S)NCc2cccc(OC)c2OC)c(OC)n1. The molecule has 3 rings (SSSR count). The average molecular weight is 447 g/mol. The molecule has 0 spiro atoms. The van der Waals surface area contributed by atoms with E-state index in [4.69, 9.17) is 31.2 Å². The van der Waals surface area contributed by atoms with E-state index < -0.39 is 0 Å². The largest absolute Gasteiger partial charge is 0.493 e. The van der Waals surface area contributed by atoms with Gasteiger partial charge in [-0.2, -0.15) is 4.98 Å². The zero-order chi connectivity index (χ0) is 22.4. The quantitative estimate of drug-likeness (QED) is 0.644. The molecule has 0 saturated carbocycles. The number of carbonyl (C=O) groups is 1. The summed E-state index contributed by atoms with van der Waals surface area (Å²) in [6, 6.07) is 8.91. The number of nitrogens with zero attached hydrogens (tertiary/aromatic N) is 3. The Morgan fingerprint density at radius 1 is 1.03 bits per heavy atom. The normalized spacial score (nSPS) is 13.0. The topological polar surface area (TPSA) is 85.4 Å². The number of methoxy groups -OCH3 is 4. The van der Waals surface area contributed by atoms with Crippen molar-refractivity contribution in [3.05, 3.63) is 41.5 Å². The van der Waals surface area contributed by atoms with Gasteiger partial charge in [-0.05, 0) is 30.8 Å². The Hall–Kier alpha value is -3.27. The minimum Gasteiger partial charge on any atom is -0.493 e. The summed E-state index contributed by atoms with van der Waals surface area (Å²) in [5, 5.41) is 7.01. The highest BCUT2D eigenvalue weighted by atomic mass is 32.1. The van der Waals surface area contributed by atoms with Crippen LogP contribution < -0.4 is 24.3 Å². The lowest BCUT2D eigenvalue weighted by Crippen LogP contribution is -2.49. The van der Waals surface area contributed by atoms with Crippen LogP contribution in [0, 0.1) is 0 Å². The summed E-state index contributed by atoms with van der Waals surface area (Å²) < 4.78 is 21.2. The van der Waals surface area contributed by atoms with Crippen molar-refractivity contribution in [1.82, 2.24) is 20.3 Å². The number of pyridine rings is 1. The molecule has 9 nitrogen and oxygen atoms in total. The van der Waals surface area contributed by atoms with Crippen molar-refractivity contribution in [1.29, 1.82) is 0 Å². The number of carbonyl (C=O) groups excluding carboxylic acids is 1. The van der Waals surface area contributed by atoms with Crippen molar-refractivity contribution in [2.24, 2.45) is 0 Å². The zero-order valence-corrected chi connectivity index (χ0v) is 18.8. The Morgan fingerprint density at radius 2 is 1.81 bits per heavy atom. The third-order valence-electron chi connectivity index (χ3n) is 4.88. The van der Waals surface area contributed by atoms with Gasteiger partial charge in [0, 0.05) is 31.3 Å². The molecule has 2 aromatic rings. The molecular formula is C21H26N4O5S. The van der Waals surface area contributed by atoms with Crippen molar-refractivity contribution in [3.63, 3.8) is 0 Å². The molecule has 10 heteroatoms. The van der Waals surface area contributed by atoms with Crippen LogP contribution in [-0.4, -0.2) is 67.6 Å². The predicted octanol–water partition coefficient (Wildman–Crippen LogP) is 2.25. The number of hydrogen-bond acceptors (Lipinski definition) is 7. The molecule has 1 aliphatic rings. The second kappa shape index (κ2) is 10.2. The fraction of sp³-hybridized carbons (Fsp3) is 0.381. The van der Waals surface area contributed by atoms with Gasteiger partial charge in [-0.1, -0.05) is 12.1 Å². The van der Waals surface area contributed by atoms with Crippen LogP contribution in [0.25, 0.3) is 0 Å². The number of aromatic nitrogens is 1. The number of amides is 1. The maximum absolute atomic E-state index is 13.2. The van der Waals surface area contributed by atoms with Crippen LogP contribution in [0.1, 0.15) is 22.3 Å². The summed E-state index contributed by atoms with van der Waals surface area (Å²) in [6.07, 6.45) is 0.794. The van der Waals surface area contributed by atoms with E-state index in [2.05, 4.69) is 10.3 Å². The van der Waals surface area contributed by atoms with Gasteiger partial charge >= 0.3 is 0 Å². The van der Waals surface area contributed by atoms with E-state index in [9.17, 15) is 4.79 Å². The Balaban J connectivity index is 1.73. The highest BCUT2D eigenvalue weighted by molar-refractivity contribution is 7.80. The van der Waals surface area contributed by atoms with Crippen molar-refractivity contribution in [2.45, 2.75) is 13.0 Å². The average Bonchev–Trinajstić information content (AvgIpc) is 3.31. The first-order valence-corrected chi connectivity index (χ1v) is 10.1. The van der Waals surface area contributed by atoms with Gasteiger partial charge in [0.05, 0.1) is 28.4 Å². The van der Waals surface area contributed by atoms with E-state index in [1.54, 1.807) is 36.4 Å². The van der Waals surface area contributed by atoms with Crippen molar-refractivity contribution in [2.75, 3.05) is 41.5 Å². The van der Waals surface area contributed by atoms with E-state index in [0.717, 1.165) is 12.0 Å². The highest BCUT2D eigenvalue weighted by Crippen LogP contribution is 2.30. The van der Waals surface area contributed by atoms with E-state index >= 15 is 0 Å². The van der Waals surface area contributed by atoms with Crippen LogP contribution in [0.2, 0.25) is 0 Å². The molecule has 2 heterocycles. The summed E-state index contributed by atoms with van der Waals surface area (Å²) in [5.74, 6) is 1.62. The van der Waals surface area contributed by atoms with E-state index in [0.29, 0.717) is 47.7 Å². The maximum Gasteiger partial charge on any atom is 0.277 e. The highest BCUT2D eigenvalue weighted by Gasteiger charge is 2.31. The van der Waals surface area contributed by atoms with Gasteiger partial charge in [0.25, 0.3) is 5.91 Å². The van der Waals surface area contributed by atoms with Gasteiger partial charge in [0.2, 0.25) is 11.8 Å². The van der Waals surface area contributed by atoms with E-state index in [1.165, 1.54) is 14.2 Å². The van der Waals surface area contributed by atoms with Crippen LogP contribution in [-0.2, 0) is 6.54 Å². The van der Waals surface area contributed by atoms with Gasteiger partial charge in [-0.25, -0.2) is 5.01 Å². The van der Waals surface area contributed by atoms with Crippen molar-refractivity contribution < 1.29 is 23.7 Å². The molecular weight excluding hydrogens is 420 g/mol. The molecule has 0 atom stereocenters. The number of thiocarbonyl (C=S) groups is 1. The number of hydrogen-bond donors (Lipinski definition) is 1. The van der Waals surface area contributed by atoms with Crippen LogP contribution in [0.5, 0.6) is 23.3 Å². The molecule has 0 aliphatic carbocycles. The first-order valence-electron chi connectivity index (χ1n) is 9.70. The molecule has 0 radical (unpaired) electrons. The third-order valence-corrected chi connectivity index (χ3v) is 5.24. The van der Waals surface area contributed by atoms with Crippen LogP contribution in [0.3, 0.4) is 0 Å². The lowest BCUT2D eigenvalue weighted by molar-refractivity contribution is 0.0487. The molecule has 1 aromatic carbocycles. The van der Waals surface area contributed by atoms with Gasteiger partial charge in [0.15, 0.2) is 16.6 Å². The van der Waals surface area contributed by atoms with Gasteiger partial charge in [-0.15, -0.1) is 0 Å². The fourth-order valence-corrected chi connectivity index (χ4v) is 3.65. The van der Waals surface area contributed by atoms with E-state index in [1.807, 2.05) is 18.2 Å². The second-order valence-electron chi connectivity index (χ2n) is 6.63. The number of nitrogens with one attached hydrogen (secondary N) is 1. The standard InChI is InChI=1S/C21H26N4O5S/c1-27-16-8-5-7-14(18(16)29-3)13-22-21(31)25-12-6-11-24(25)20(26)15-9-10-17(28-2)23-19(15)30-4/h5,7-10H,6,11-13H2,1-4H3,(H,22,31). The first-order chi connectivity index (χ1) is 15.0. The molecule has 166 valence electrons. The molecule has 0 unspecified atom stereocenters. The van der Waals surface area contributed by atoms with Crippen molar-refractivity contribution in [3.8, 4) is 23.3 Å². The minimum absolute atomic E-state index is 0.205. The van der Waals surface area contributed by atoms with Crippen LogP contribution in [0.15, 0.2) is 30.3 Å². The lowest BCUT2D eigenvalue weighted by atomic mass is 10.2. The van der Waals surface area contributed by atoms with Gasteiger partial charge in [0.1, 0.15) is 5.56 Å². The molecule has 1 aliphatic heterocycles. The monoisotopic (exact) mass is 446 g/mol. The summed E-state index contributed by atoms with van der Waals surface area (Å²) >= 11 is 5.58. The number of hydrazine groups is 1. The molecule has 0 bridgehead atoms. The first kappa shape index (κ1) is 22.4. The molecule has 1 fully saturated rings.